The Balaban J connectivity index is 1.79. The number of nitrogens with one attached hydrogen (secondary N) is 3. The van der Waals surface area contributed by atoms with Crippen LogP contribution in [0, 0.1) is 20.8 Å². The molecule has 1 aromatic rings. The predicted molar refractivity (Wildman–Crippen MR) is 96.5 cm³/mol. The van der Waals surface area contributed by atoms with E-state index in [9.17, 15) is 14.4 Å². The smallest absolute Gasteiger partial charge is 0.321 e. The summed E-state index contributed by atoms with van der Waals surface area (Å²) in [7, 11) is 1.66. The van der Waals surface area contributed by atoms with Crippen LogP contribution < -0.4 is 16.0 Å². The van der Waals surface area contributed by atoms with Gasteiger partial charge in [0, 0.05) is 11.7 Å². The molecule has 0 unspecified atom stereocenters. The van der Waals surface area contributed by atoms with Crippen molar-refractivity contribution in [1.29, 1.82) is 0 Å². The molecule has 0 saturated heterocycles. The van der Waals surface area contributed by atoms with Crippen LogP contribution in [0.5, 0.6) is 0 Å². The molecule has 25 heavy (non-hydrogen) atoms. The highest BCUT2D eigenvalue weighted by Crippen LogP contribution is 2.21. The van der Waals surface area contributed by atoms with Gasteiger partial charge in [0.1, 0.15) is 0 Å². The highest BCUT2D eigenvalue weighted by atomic mass is 16.2. The number of amides is 4. The molecule has 1 aromatic carbocycles. The van der Waals surface area contributed by atoms with Gasteiger partial charge < -0.3 is 10.6 Å². The van der Waals surface area contributed by atoms with E-state index in [4.69, 9.17) is 0 Å². The molecule has 0 atom stereocenters. The van der Waals surface area contributed by atoms with Crippen LogP contribution in [0.15, 0.2) is 12.1 Å². The van der Waals surface area contributed by atoms with Crippen LogP contribution >= 0.6 is 0 Å². The molecule has 3 N–H and O–H groups in total. The molecular weight excluding hydrogens is 320 g/mol. The van der Waals surface area contributed by atoms with E-state index >= 15 is 0 Å². The standard InChI is InChI=1S/C18H26N4O3/c1-11-7-12(2)17(13(3)8-11)20-15(23)9-22(4)10-16(24)21-18(25)19-14-5-6-14/h7-8,14H,5-6,9-10H2,1-4H3,(H,20,23)(H2,19,21,24,25). The highest BCUT2D eigenvalue weighted by Gasteiger charge is 2.24. The number of anilines is 1. The van der Waals surface area contributed by atoms with Crippen molar-refractivity contribution in [3.05, 3.63) is 28.8 Å². The van der Waals surface area contributed by atoms with E-state index < -0.39 is 11.9 Å². The Bertz CT molecular complexity index is 660. The lowest BCUT2D eigenvalue weighted by molar-refractivity contribution is -0.122. The number of hydrogen-bond acceptors (Lipinski definition) is 4. The molecule has 136 valence electrons. The number of likely N-dealkylation sites (N-methyl/N-ethyl adjacent to an activating group) is 1. The van der Waals surface area contributed by atoms with Crippen molar-refractivity contribution >= 4 is 23.5 Å². The van der Waals surface area contributed by atoms with E-state index in [-0.39, 0.29) is 25.0 Å². The van der Waals surface area contributed by atoms with E-state index in [0.717, 1.165) is 35.2 Å². The van der Waals surface area contributed by atoms with Crippen molar-refractivity contribution in [2.75, 3.05) is 25.5 Å². The lowest BCUT2D eigenvalue weighted by Crippen LogP contribution is -2.45. The summed E-state index contributed by atoms with van der Waals surface area (Å²) in [6, 6.07) is 3.74. The summed E-state index contributed by atoms with van der Waals surface area (Å²) in [5.41, 5.74) is 3.95. The average Bonchev–Trinajstić information content (AvgIpc) is 3.25. The van der Waals surface area contributed by atoms with Gasteiger partial charge in [-0.3, -0.25) is 19.8 Å². The Kier molecular flexibility index (Phi) is 6.14. The average molecular weight is 346 g/mol. The quantitative estimate of drug-likeness (QED) is 0.727. The van der Waals surface area contributed by atoms with Crippen molar-refractivity contribution in [3.63, 3.8) is 0 Å². The second kappa shape index (κ2) is 8.11. The monoisotopic (exact) mass is 346 g/mol. The van der Waals surface area contributed by atoms with Gasteiger partial charge in [-0.25, -0.2) is 4.79 Å². The second-order valence-corrected chi connectivity index (χ2v) is 6.79. The van der Waals surface area contributed by atoms with Crippen molar-refractivity contribution in [2.45, 2.75) is 39.7 Å². The first-order valence-corrected chi connectivity index (χ1v) is 8.41. The van der Waals surface area contributed by atoms with Crippen LogP contribution in [0.3, 0.4) is 0 Å². The largest absolute Gasteiger partial charge is 0.335 e. The summed E-state index contributed by atoms with van der Waals surface area (Å²) >= 11 is 0. The number of rotatable bonds is 6. The molecule has 1 aliphatic carbocycles. The molecule has 0 radical (unpaired) electrons. The maximum atomic E-state index is 12.2. The maximum Gasteiger partial charge on any atom is 0.321 e. The molecule has 4 amide bonds. The number of imide groups is 1. The van der Waals surface area contributed by atoms with Crippen LogP contribution in [-0.4, -0.2) is 48.9 Å². The van der Waals surface area contributed by atoms with Gasteiger partial charge in [-0.05, 0) is 51.8 Å². The fourth-order valence-electron chi connectivity index (χ4n) is 2.72. The number of hydrogen-bond donors (Lipinski definition) is 3. The van der Waals surface area contributed by atoms with Crippen LogP contribution in [-0.2, 0) is 9.59 Å². The fraction of sp³-hybridized carbons (Fsp3) is 0.500. The summed E-state index contributed by atoms with van der Waals surface area (Å²) < 4.78 is 0. The van der Waals surface area contributed by atoms with Gasteiger partial charge in [0.25, 0.3) is 0 Å². The summed E-state index contributed by atoms with van der Waals surface area (Å²) in [5, 5.41) is 7.84. The molecule has 0 aliphatic heterocycles. The molecule has 0 aromatic heterocycles. The SMILES string of the molecule is Cc1cc(C)c(NC(=O)CN(C)CC(=O)NC(=O)NC2CC2)c(C)c1. The van der Waals surface area contributed by atoms with Gasteiger partial charge in [0.05, 0.1) is 13.1 Å². The zero-order valence-corrected chi connectivity index (χ0v) is 15.2. The van der Waals surface area contributed by atoms with Gasteiger partial charge in [-0.1, -0.05) is 17.7 Å². The summed E-state index contributed by atoms with van der Waals surface area (Å²) in [4.78, 5) is 37.1. The van der Waals surface area contributed by atoms with E-state index in [1.165, 1.54) is 0 Å². The topological polar surface area (TPSA) is 90.5 Å². The van der Waals surface area contributed by atoms with E-state index in [1.54, 1.807) is 11.9 Å². The predicted octanol–water partition coefficient (Wildman–Crippen LogP) is 1.47. The fourth-order valence-corrected chi connectivity index (χ4v) is 2.72. The third-order valence-electron chi connectivity index (χ3n) is 3.93. The number of benzene rings is 1. The third kappa shape index (κ3) is 6.19. The van der Waals surface area contributed by atoms with Crippen LogP contribution in [0.2, 0.25) is 0 Å². The molecule has 1 aliphatic rings. The molecule has 2 rings (SSSR count). The zero-order valence-electron chi connectivity index (χ0n) is 15.2. The number of urea groups is 1. The Morgan fingerprint density at radius 1 is 1.04 bits per heavy atom. The normalized spacial score (nSPS) is 13.5. The molecule has 0 heterocycles. The number of nitrogens with zero attached hydrogens (tertiary/aromatic N) is 1. The molecule has 1 saturated carbocycles. The summed E-state index contributed by atoms with van der Waals surface area (Å²) in [6.45, 7) is 5.94. The lowest BCUT2D eigenvalue weighted by atomic mass is 10.1. The van der Waals surface area contributed by atoms with Gasteiger partial charge in [-0.15, -0.1) is 0 Å². The van der Waals surface area contributed by atoms with E-state index in [2.05, 4.69) is 16.0 Å². The Hall–Kier alpha value is -2.41. The minimum Gasteiger partial charge on any atom is -0.335 e. The second-order valence-electron chi connectivity index (χ2n) is 6.79. The summed E-state index contributed by atoms with van der Waals surface area (Å²) in [6.07, 6.45) is 1.92. The van der Waals surface area contributed by atoms with Gasteiger partial charge in [0.15, 0.2) is 0 Å². The van der Waals surface area contributed by atoms with Crippen molar-refractivity contribution in [3.8, 4) is 0 Å². The third-order valence-corrected chi connectivity index (χ3v) is 3.93. The van der Waals surface area contributed by atoms with Crippen molar-refractivity contribution in [2.24, 2.45) is 0 Å². The molecular formula is C18H26N4O3. The highest BCUT2D eigenvalue weighted by molar-refractivity contribution is 5.96. The molecule has 7 nitrogen and oxygen atoms in total. The lowest BCUT2D eigenvalue weighted by Gasteiger charge is -2.17. The minimum atomic E-state index is -0.476. The van der Waals surface area contributed by atoms with E-state index in [1.807, 2.05) is 32.9 Å². The first-order chi connectivity index (χ1) is 11.7. The molecule has 0 spiro atoms. The van der Waals surface area contributed by atoms with Gasteiger partial charge in [-0.2, -0.15) is 0 Å². The number of aryl methyl sites for hydroxylation is 3. The first kappa shape index (κ1) is 18.9. The molecule has 7 heteroatoms. The Morgan fingerprint density at radius 2 is 1.60 bits per heavy atom. The molecule has 0 bridgehead atoms. The van der Waals surface area contributed by atoms with Gasteiger partial charge in [0.2, 0.25) is 11.8 Å². The van der Waals surface area contributed by atoms with E-state index in [0.29, 0.717) is 0 Å². The number of carbonyl (C=O) groups is 3. The van der Waals surface area contributed by atoms with Crippen LogP contribution in [0.25, 0.3) is 0 Å². The van der Waals surface area contributed by atoms with Crippen molar-refractivity contribution < 1.29 is 14.4 Å². The minimum absolute atomic E-state index is 0.0304. The summed E-state index contributed by atoms with van der Waals surface area (Å²) in [5.74, 6) is -0.635. The Labute approximate surface area is 148 Å². The zero-order chi connectivity index (χ0) is 18.6. The first-order valence-electron chi connectivity index (χ1n) is 8.41. The maximum absolute atomic E-state index is 12.2. The van der Waals surface area contributed by atoms with Crippen LogP contribution in [0.4, 0.5) is 10.5 Å². The van der Waals surface area contributed by atoms with Gasteiger partial charge >= 0.3 is 6.03 Å². The van der Waals surface area contributed by atoms with Crippen LogP contribution in [0.1, 0.15) is 29.5 Å². The van der Waals surface area contributed by atoms with Crippen molar-refractivity contribution in [1.82, 2.24) is 15.5 Å². The number of carbonyl (C=O) groups excluding carboxylic acids is 3. The Morgan fingerprint density at radius 3 is 2.16 bits per heavy atom. The molecule has 1 fully saturated rings.